The molecule has 0 aliphatic carbocycles. The summed E-state index contributed by atoms with van der Waals surface area (Å²) in [5.41, 5.74) is 1.30. The highest BCUT2D eigenvalue weighted by molar-refractivity contribution is 5.87. The minimum atomic E-state index is -0.448. The van der Waals surface area contributed by atoms with E-state index in [9.17, 15) is 4.79 Å². The number of ether oxygens (including phenoxy) is 4. The third kappa shape index (κ3) is 10.3. The summed E-state index contributed by atoms with van der Waals surface area (Å²) in [5.74, 6) is 0.448. The molecule has 174 valence electrons. The summed E-state index contributed by atoms with van der Waals surface area (Å²) in [4.78, 5) is 11.6. The molecular weight excluding hydrogens is 392 g/mol. The predicted molar refractivity (Wildman–Crippen MR) is 123 cm³/mol. The standard InChI is InChI=1S/C26H40O5/c1-4-5-6-7-8-9-10-11-12-13-18-28-23-16-14-22(15-17-23)26-29-19-24(20-30-26)31-25(27)21(2)3/h14-17,24,26H,2,4-13,18-20H2,1,3H3. The zero-order valence-electron chi connectivity index (χ0n) is 19.4. The van der Waals surface area contributed by atoms with Crippen molar-refractivity contribution >= 4 is 5.97 Å². The van der Waals surface area contributed by atoms with Crippen molar-refractivity contribution in [1.82, 2.24) is 0 Å². The van der Waals surface area contributed by atoms with E-state index in [4.69, 9.17) is 18.9 Å². The summed E-state index contributed by atoms with van der Waals surface area (Å²) in [7, 11) is 0. The van der Waals surface area contributed by atoms with Crippen LogP contribution >= 0.6 is 0 Å². The van der Waals surface area contributed by atoms with Gasteiger partial charge in [-0.3, -0.25) is 0 Å². The van der Waals surface area contributed by atoms with Crippen LogP contribution < -0.4 is 4.74 Å². The normalized spacial score (nSPS) is 18.5. The molecule has 0 spiro atoms. The lowest BCUT2D eigenvalue weighted by atomic mass is 10.1. The fourth-order valence-corrected chi connectivity index (χ4v) is 3.50. The first-order valence-corrected chi connectivity index (χ1v) is 11.9. The van der Waals surface area contributed by atoms with Gasteiger partial charge in [-0.2, -0.15) is 0 Å². The highest BCUT2D eigenvalue weighted by Crippen LogP contribution is 2.26. The predicted octanol–water partition coefficient (Wildman–Crippen LogP) is 6.52. The number of rotatable bonds is 15. The molecular formula is C26H40O5. The van der Waals surface area contributed by atoms with E-state index in [-0.39, 0.29) is 0 Å². The summed E-state index contributed by atoms with van der Waals surface area (Å²) >= 11 is 0. The van der Waals surface area contributed by atoms with Gasteiger partial charge in [0.25, 0.3) is 0 Å². The summed E-state index contributed by atoms with van der Waals surface area (Å²) in [6.07, 6.45) is 12.4. The van der Waals surface area contributed by atoms with Gasteiger partial charge in [0.15, 0.2) is 6.29 Å². The first-order valence-electron chi connectivity index (χ1n) is 11.9. The van der Waals surface area contributed by atoms with E-state index < -0.39 is 18.4 Å². The molecule has 5 nitrogen and oxygen atoms in total. The number of carbonyl (C=O) groups excluding carboxylic acids is 1. The van der Waals surface area contributed by atoms with E-state index in [1.807, 2.05) is 24.3 Å². The summed E-state index contributed by atoms with van der Waals surface area (Å²) in [5, 5.41) is 0. The Morgan fingerprint density at radius 1 is 0.935 bits per heavy atom. The van der Waals surface area contributed by atoms with Crippen LogP contribution in [0.5, 0.6) is 5.75 Å². The van der Waals surface area contributed by atoms with E-state index >= 15 is 0 Å². The van der Waals surface area contributed by atoms with E-state index in [2.05, 4.69) is 13.5 Å². The van der Waals surface area contributed by atoms with Crippen molar-refractivity contribution in [3.05, 3.63) is 42.0 Å². The Morgan fingerprint density at radius 3 is 2.03 bits per heavy atom. The average Bonchev–Trinajstić information content (AvgIpc) is 2.78. The number of esters is 1. The molecule has 0 radical (unpaired) electrons. The second-order valence-electron chi connectivity index (χ2n) is 8.41. The Kier molecular flexibility index (Phi) is 12.3. The van der Waals surface area contributed by atoms with Gasteiger partial charge in [-0.05, 0) is 25.5 Å². The van der Waals surface area contributed by atoms with E-state index in [1.165, 1.54) is 57.8 Å². The highest BCUT2D eigenvalue weighted by atomic mass is 16.7. The molecule has 1 fully saturated rings. The van der Waals surface area contributed by atoms with Crippen molar-refractivity contribution < 1.29 is 23.7 Å². The van der Waals surface area contributed by atoms with E-state index in [1.54, 1.807) is 6.92 Å². The largest absolute Gasteiger partial charge is 0.494 e. The SMILES string of the molecule is C=C(C)C(=O)OC1COC(c2ccc(OCCCCCCCCCCCC)cc2)OC1. The van der Waals surface area contributed by atoms with Crippen molar-refractivity contribution in [2.45, 2.75) is 90.4 Å². The van der Waals surface area contributed by atoms with E-state index in [0.717, 1.165) is 24.3 Å². The third-order valence-corrected chi connectivity index (χ3v) is 5.41. The van der Waals surface area contributed by atoms with Crippen LogP contribution in [-0.4, -0.2) is 31.9 Å². The Morgan fingerprint density at radius 2 is 1.48 bits per heavy atom. The second kappa shape index (κ2) is 15.0. The fraction of sp³-hybridized carbons (Fsp3) is 0.654. The van der Waals surface area contributed by atoms with Crippen LogP contribution in [0.25, 0.3) is 0 Å². The molecule has 5 heteroatoms. The molecule has 1 aliphatic rings. The smallest absolute Gasteiger partial charge is 0.333 e. The van der Waals surface area contributed by atoms with Crippen LogP contribution in [0.4, 0.5) is 0 Å². The van der Waals surface area contributed by atoms with Crippen molar-refractivity contribution in [3.63, 3.8) is 0 Å². The molecule has 0 bridgehead atoms. The lowest BCUT2D eigenvalue weighted by molar-refractivity contribution is -0.228. The van der Waals surface area contributed by atoms with Crippen molar-refractivity contribution in [3.8, 4) is 5.75 Å². The van der Waals surface area contributed by atoms with Gasteiger partial charge in [0.1, 0.15) is 11.9 Å². The van der Waals surface area contributed by atoms with Gasteiger partial charge < -0.3 is 18.9 Å². The van der Waals surface area contributed by atoms with Gasteiger partial charge in [-0.1, -0.05) is 83.4 Å². The van der Waals surface area contributed by atoms with Crippen LogP contribution in [0.2, 0.25) is 0 Å². The quantitative estimate of drug-likeness (QED) is 0.179. The molecule has 1 heterocycles. The van der Waals surface area contributed by atoms with Gasteiger partial charge in [0.2, 0.25) is 0 Å². The topological polar surface area (TPSA) is 54.0 Å². The molecule has 0 saturated carbocycles. The van der Waals surface area contributed by atoms with E-state index in [0.29, 0.717) is 18.8 Å². The van der Waals surface area contributed by atoms with Gasteiger partial charge in [-0.15, -0.1) is 0 Å². The maximum Gasteiger partial charge on any atom is 0.333 e. The molecule has 1 aromatic rings. The highest BCUT2D eigenvalue weighted by Gasteiger charge is 2.26. The lowest BCUT2D eigenvalue weighted by Crippen LogP contribution is -2.35. The lowest BCUT2D eigenvalue weighted by Gasteiger charge is -2.29. The molecule has 1 saturated heterocycles. The second-order valence-corrected chi connectivity index (χ2v) is 8.41. The molecule has 0 aromatic heterocycles. The summed E-state index contributed by atoms with van der Waals surface area (Å²) < 4.78 is 22.5. The van der Waals surface area contributed by atoms with Crippen LogP contribution in [-0.2, 0) is 19.0 Å². The molecule has 0 unspecified atom stereocenters. The van der Waals surface area contributed by atoms with Crippen molar-refractivity contribution in [2.75, 3.05) is 19.8 Å². The maximum atomic E-state index is 11.6. The van der Waals surface area contributed by atoms with Gasteiger partial charge in [-0.25, -0.2) is 4.79 Å². The average molecular weight is 433 g/mol. The maximum absolute atomic E-state index is 11.6. The van der Waals surface area contributed by atoms with Crippen molar-refractivity contribution in [1.29, 1.82) is 0 Å². The molecule has 1 aromatic carbocycles. The Hall–Kier alpha value is -1.85. The Balaban J connectivity index is 1.54. The zero-order valence-corrected chi connectivity index (χ0v) is 19.4. The third-order valence-electron chi connectivity index (χ3n) is 5.41. The summed E-state index contributed by atoms with van der Waals surface area (Å²) in [6.45, 7) is 8.83. The monoisotopic (exact) mass is 432 g/mol. The molecule has 1 aliphatic heterocycles. The number of hydrogen-bond donors (Lipinski definition) is 0. The van der Waals surface area contributed by atoms with Gasteiger partial charge >= 0.3 is 5.97 Å². The molecule has 2 rings (SSSR count). The minimum absolute atomic E-state index is 0.306. The number of hydrogen-bond acceptors (Lipinski definition) is 5. The zero-order chi connectivity index (χ0) is 22.3. The van der Waals surface area contributed by atoms with Gasteiger partial charge in [0, 0.05) is 11.1 Å². The van der Waals surface area contributed by atoms with Crippen LogP contribution in [0.3, 0.4) is 0 Å². The molecule has 0 atom stereocenters. The first-order chi connectivity index (χ1) is 15.1. The van der Waals surface area contributed by atoms with Crippen LogP contribution in [0.1, 0.15) is 89.9 Å². The Bertz CT molecular complexity index is 632. The van der Waals surface area contributed by atoms with Crippen LogP contribution in [0, 0.1) is 0 Å². The molecule has 31 heavy (non-hydrogen) atoms. The minimum Gasteiger partial charge on any atom is -0.494 e. The molecule has 0 amide bonds. The first kappa shape index (κ1) is 25.4. The van der Waals surface area contributed by atoms with Crippen LogP contribution in [0.15, 0.2) is 36.4 Å². The summed E-state index contributed by atoms with van der Waals surface area (Å²) in [6, 6.07) is 7.81. The fourth-order valence-electron chi connectivity index (χ4n) is 3.50. The molecule has 0 N–H and O–H groups in total. The number of unbranched alkanes of at least 4 members (excludes halogenated alkanes) is 9. The Labute approximate surface area is 188 Å². The van der Waals surface area contributed by atoms with Crippen molar-refractivity contribution in [2.24, 2.45) is 0 Å². The van der Waals surface area contributed by atoms with Gasteiger partial charge in [0.05, 0.1) is 19.8 Å². The number of carbonyl (C=O) groups is 1. The number of benzene rings is 1.